The highest BCUT2D eigenvalue weighted by Gasteiger charge is 2.34. The van der Waals surface area contributed by atoms with E-state index in [2.05, 4.69) is 21.3 Å². The molecule has 0 radical (unpaired) electrons. The number of hydrogen-bond acceptors (Lipinski definition) is 7. The molecule has 0 spiro atoms. The van der Waals surface area contributed by atoms with E-state index in [-0.39, 0.29) is 6.54 Å². The molecule has 5 N–H and O–H groups in total. The van der Waals surface area contributed by atoms with Crippen LogP contribution in [-0.2, 0) is 34.3 Å². The molecule has 2 atom stereocenters. The van der Waals surface area contributed by atoms with Gasteiger partial charge in [0, 0.05) is 6.54 Å². The summed E-state index contributed by atoms with van der Waals surface area (Å²) in [5.41, 5.74) is 1.88. The molecular weight excluding hydrogens is 558 g/mol. The number of carbonyl (C=O) groups excluding carboxylic acids is 5. The Kier molecular flexibility index (Phi) is 11.2. The fraction of sp³-hybridized carbons (Fsp3) is 0.400. The summed E-state index contributed by atoms with van der Waals surface area (Å²) in [6.07, 6.45) is 0.153. The maximum absolute atomic E-state index is 12.9. The Hall–Kier alpha value is -4.94. The van der Waals surface area contributed by atoms with E-state index >= 15 is 0 Å². The molecule has 43 heavy (non-hydrogen) atoms. The van der Waals surface area contributed by atoms with Crippen LogP contribution in [0.3, 0.4) is 0 Å². The van der Waals surface area contributed by atoms with Crippen molar-refractivity contribution in [3.05, 3.63) is 60.2 Å². The zero-order chi connectivity index (χ0) is 31.6. The Labute approximate surface area is 249 Å². The monoisotopic (exact) mass is 595 g/mol. The fourth-order valence-corrected chi connectivity index (χ4v) is 4.57. The Balaban J connectivity index is 1.45. The summed E-state index contributed by atoms with van der Waals surface area (Å²) in [7, 11) is 0. The van der Waals surface area contributed by atoms with Gasteiger partial charge >= 0.3 is 12.1 Å². The molecule has 3 rings (SSSR count). The van der Waals surface area contributed by atoms with Gasteiger partial charge in [0.2, 0.25) is 23.6 Å². The molecule has 1 fully saturated rings. The van der Waals surface area contributed by atoms with Gasteiger partial charge in [-0.3, -0.25) is 24.0 Å². The number of carbonyl (C=O) groups is 6. The van der Waals surface area contributed by atoms with Crippen LogP contribution >= 0.6 is 0 Å². The quantitative estimate of drug-likeness (QED) is 0.242. The van der Waals surface area contributed by atoms with Crippen LogP contribution < -0.4 is 21.3 Å². The lowest BCUT2D eigenvalue weighted by Gasteiger charge is -2.27. The Morgan fingerprint density at radius 1 is 0.907 bits per heavy atom. The van der Waals surface area contributed by atoms with Crippen LogP contribution in [0.4, 0.5) is 4.79 Å². The molecule has 1 saturated heterocycles. The number of benzene rings is 2. The average molecular weight is 596 g/mol. The van der Waals surface area contributed by atoms with Crippen LogP contribution in [0.25, 0.3) is 11.1 Å². The standard InChI is InChI=1S/C30H37N5O8/c1-19(27(40)32-18-26(38)39)34-24(36)16-31-28(41)23-10-7-15-35(23)25(37)17-33-29(42)43-30(2,3)22-13-11-21(12-14-22)20-8-5-4-6-9-20/h4-6,8-9,11-14,19,23H,7,10,15-18H2,1-3H3,(H,31,41)(H,32,40)(H,33,42)(H,34,36)(H,38,39)/t19-,23-/m0/s1. The first-order valence-corrected chi connectivity index (χ1v) is 13.9. The van der Waals surface area contributed by atoms with Gasteiger partial charge in [0.15, 0.2) is 0 Å². The normalized spacial score (nSPS) is 15.1. The molecule has 1 heterocycles. The topological polar surface area (TPSA) is 183 Å². The van der Waals surface area contributed by atoms with E-state index in [0.717, 1.165) is 16.7 Å². The number of rotatable bonds is 12. The van der Waals surface area contributed by atoms with E-state index in [0.29, 0.717) is 19.4 Å². The first kappa shape index (κ1) is 32.6. The second-order valence-corrected chi connectivity index (χ2v) is 10.6. The molecule has 0 bridgehead atoms. The first-order valence-electron chi connectivity index (χ1n) is 13.9. The number of nitrogens with zero attached hydrogens (tertiary/aromatic N) is 1. The zero-order valence-corrected chi connectivity index (χ0v) is 24.3. The smallest absolute Gasteiger partial charge is 0.408 e. The summed E-state index contributed by atoms with van der Waals surface area (Å²) in [6.45, 7) is 3.75. The summed E-state index contributed by atoms with van der Waals surface area (Å²) in [5.74, 6) is -3.61. The largest absolute Gasteiger partial charge is 0.480 e. The van der Waals surface area contributed by atoms with Crippen molar-refractivity contribution in [2.24, 2.45) is 0 Å². The van der Waals surface area contributed by atoms with E-state index in [1.165, 1.54) is 11.8 Å². The predicted molar refractivity (Wildman–Crippen MR) is 155 cm³/mol. The second-order valence-electron chi connectivity index (χ2n) is 10.6. The molecule has 5 amide bonds. The minimum atomic E-state index is -1.23. The molecule has 0 aliphatic carbocycles. The van der Waals surface area contributed by atoms with Crippen molar-refractivity contribution in [2.45, 2.75) is 51.3 Å². The van der Waals surface area contributed by atoms with Crippen molar-refractivity contribution < 1.29 is 38.6 Å². The van der Waals surface area contributed by atoms with E-state index in [4.69, 9.17) is 9.84 Å². The van der Waals surface area contributed by atoms with Crippen molar-refractivity contribution in [3.8, 4) is 11.1 Å². The van der Waals surface area contributed by atoms with Gasteiger partial charge in [-0.15, -0.1) is 0 Å². The van der Waals surface area contributed by atoms with Gasteiger partial charge in [0.05, 0.1) is 6.54 Å². The lowest BCUT2D eigenvalue weighted by Crippen LogP contribution is -2.52. The molecule has 13 nitrogen and oxygen atoms in total. The molecular formula is C30H37N5O8. The third-order valence-corrected chi connectivity index (χ3v) is 6.90. The molecule has 2 aromatic carbocycles. The minimum Gasteiger partial charge on any atom is -0.480 e. The third kappa shape index (κ3) is 9.55. The van der Waals surface area contributed by atoms with Crippen molar-refractivity contribution in [1.82, 2.24) is 26.2 Å². The Morgan fingerprint density at radius 2 is 1.56 bits per heavy atom. The van der Waals surface area contributed by atoms with Gasteiger partial charge in [-0.2, -0.15) is 0 Å². The molecule has 0 aromatic heterocycles. The SMILES string of the molecule is C[C@H](NC(=O)CNC(=O)[C@@H]1CCCN1C(=O)CNC(=O)OC(C)(C)c1ccc(-c2ccccc2)cc1)C(=O)NCC(=O)O. The molecule has 0 saturated carbocycles. The van der Waals surface area contributed by atoms with Gasteiger partial charge in [-0.1, -0.05) is 54.6 Å². The predicted octanol–water partition coefficient (Wildman–Crippen LogP) is 1.13. The van der Waals surface area contributed by atoms with E-state index in [9.17, 15) is 28.8 Å². The maximum Gasteiger partial charge on any atom is 0.408 e. The van der Waals surface area contributed by atoms with Crippen LogP contribution in [0, 0.1) is 0 Å². The molecule has 0 unspecified atom stereocenters. The van der Waals surface area contributed by atoms with Gasteiger partial charge in [-0.05, 0) is 50.3 Å². The highest BCUT2D eigenvalue weighted by atomic mass is 16.6. The summed E-state index contributed by atoms with van der Waals surface area (Å²) < 4.78 is 5.60. The number of carboxylic acids is 1. The number of ether oxygens (including phenoxy) is 1. The summed E-state index contributed by atoms with van der Waals surface area (Å²) >= 11 is 0. The summed E-state index contributed by atoms with van der Waals surface area (Å²) in [5, 5.41) is 18.0. The molecule has 2 aromatic rings. The molecule has 1 aliphatic rings. The summed E-state index contributed by atoms with van der Waals surface area (Å²) in [4.78, 5) is 74.0. The highest BCUT2D eigenvalue weighted by Crippen LogP contribution is 2.28. The van der Waals surface area contributed by atoms with Gasteiger partial charge in [-0.25, -0.2) is 4.79 Å². The lowest BCUT2D eigenvalue weighted by atomic mass is 9.95. The van der Waals surface area contributed by atoms with Crippen LogP contribution in [0.1, 0.15) is 39.2 Å². The average Bonchev–Trinajstić information content (AvgIpc) is 3.48. The molecule has 230 valence electrons. The maximum atomic E-state index is 12.9. The molecule has 1 aliphatic heterocycles. The first-order chi connectivity index (χ1) is 20.4. The van der Waals surface area contributed by atoms with Crippen LogP contribution in [0.5, 0.6) is 0 Å². The summed E-state index contributed by atoms with van der Waals surface area (Å²) in [6, 6.07) is 15.7. The number of carboxylic acid groups (broad SMARTS) is 1. The third-order valence-electron chi connectivity index (χ3n) is 6.90. The lowest BCUT2D eigenvalue weighted by molar-refractivity contribution is -0.138. The Bertz CT molecular complexity index is 1330. The van der Waals surface area contributed by atoms with Crippen LogP contribution in [0.2, 0.25) is 0 Å². The highest BCUT2D eigenvalue weighted by molar-refractivity contribution is 5.93. The van der Waals surface area contributed by atoms with Crippen LogP contribution in [0.15, 0.2) is 54.6 Å². The number of likely N-dealkylation sites (tertiary alicyclic amines) is 1. The van der Waals surface area contributed by atoms with Crippen molar-refractivity contribution in [3.63, 3.8) is 0 Å². The van der Waals surface area contributed by atoms with E-state index in [1.807, 2.05) is 54.6 Å². The van der Waals surface area contributed by atoms with Crippen molar-refractivity contribution >= 4 is 35.7 Å². The minimum absolute atomic E-state index is 0.305. The Morgan fingerprint density at radius 3 is 2.21 bits per heavy atom. The number of hydrogen-bond donors (Lipinski definition) is 5. The second kappa shape index (κ2) is 14.8. The molecule has 13 heteroatoms. The number of alkyl carbamates (subject to hydrolysis) is 1. The van der Waals surface area contributed by atoms with Gasteiger partial charge < -0.3 is 36.0 Å². The number of aliphatic carboxylic acids is 1. The van der Waals surface area contributed by atoms with Crippen LogP contribution in [-0.4, -0.2) is 84.0 Å². The van der Waals surface area contributed by atoms with E-state index in [1.54, 1.807) is 13.8 Å². The number of nitrogens with one attached hydrogen (secondary N) is 4. The zero-order valence-electron chi connectivity index (χ0n) is 24.3. The van der Waals surface area contributed by atoms with Crippen molar-refractivity contribution in [2.75, 3.05) is 26.2 Å². The van der Waals surface area contributed by atoms with E-state index < -0.39 is 66.5 Å². The van der Waals surface area contributed by atoms with Gasteiger partial charge in [0.1, 0.15) is 30.8 Å². The number of amides is 5. The fourth-order valence-electron chi connectivity index (χ4n) is 4.57. The van der Waals surface area contributed by atoms with Gasteiger partial charge in [0.25, 0.3) is 0 Å². The van der Waals surface area contributed by atoms with Crippen molar-refractivity contribution in [1.29, 1.82) is 0 Å².